The Kier molecular flexibility index (Phi) is 18.6. The maximum atomic E-state index is 14.3. The quantitative estimate of drug-likeness (QED) is 0.0331. The fourth-order valence-corrected chi connectivity index (χ4v) is 7.44. The number of aliphatic hydroxyl groups excluding tert-OH is 2. The number of aromatic nitrogens is 3. The number of aliphatic imine (C=N–C) groups is 1. The number of nitriles is 1. The molecule has 0 spiro atoms. The third-order valence-corrected chi connectivity index (χ3v) is 10.8. The number of hydrogen-bond donors (Lipinski definition) is 4. The molecule has 0 bridgehead atoms. The molecule has 3 aromatic rings. The summed E-state index contributed by atoms with van der Waals surface area (Å²) in [5, 5.41) is 35.1. The minimum atomic E-state index is -4.89. The summed E-state index contributed by atoms with van der Waals surface area (Å²) in [6.07, 6.45) is 14.3. The van der Waals surface area contributed by atoms with Crippen LogP contribution in [0.1, 0.15) is 121 Å². The van der Waals surface area contributed by atoms with Gasteiger partial charge in [-0.2, -0.15) is 10.4 Å². The van der Waals surface area contributed by atoms with E-state index < -0.39 is 57.0 Å². The van der Waals surface area contributed by atoms with Crippen LogP contribution in [-0.2, 0) is 23.1 Å². The van der Waals surface area contributed by atoms with Crippen LogP contribution in [0.25, 0.3) is 5.52 Å². The summed E-state index contributed by atoms with van der Waals surface area (Å²) < 4.78 is 56.8. The van der Waals surface area contributed by atoms with Crippen LogP contribution in [0.5, 0.6) is 5.75 Å². The molecular formula is C39H58FN6O9P. The Bertz CT molecular complexity index is 1740. The molecule has 6 atom stereocenters. The van der Waals surface area contributed by atoms with Crippen LogP contribution in [0.15, 0.2) is 41.7 Å². The minimum Gasteiger partial charge on any atom is -0.485 e. The van der Waals surface area contributed by atoms with Crippen molar-refractivity contribution < 1.29 is 47.3 Å². The van der Waals surface area contributed by atoms with E-state index in [2.05, 4.69) is 28.7 Å². The normalized spacial score (nSPS) is 21.2. The van der Waals surface area contributed by atoms with Gasteiger partial charge in [0.05, 0.1) is 24.5 Å². The van der Waals surface area contributed by atoms with Gasteiger partial charge in [0, 0.05) is 12.7 Å². The number of anilines is 1. The maximum absolute atomic E-state index is 14.3. The number of phosphoric ester groups is 1. The Balaban J connectivity index is 1.22. The van der Waals surface area contributed by atoms with Crippen molar-refractivity contribution in [1.29, 1.82) is 5.26 Å². The van der Waals surface area contributed by atoms with Gasteiger partial charge in [0.1, 0.15) is 60.5 Å². The van der Waals surface area contributed by atoms with E-state index in [-0.39, 0.29) is 23.7 Å². The molecule has 56 heavy (non-hydrogen) atoms. The second kappa shape index (κ2) is 23.0. The van der Waals surface area contributed by atoms with Gasteiger partial charge in [0.25, 0.3) is 0 Å². The molecule has 1 aliphatic heterocycles. The van der Waals surface area contributed by atoms with Gasteiger partial charge in [0.2, 0.25) is 5.72 Å². The van der Waals surface area contributed by atoms with E-state index >= 15 is 0 Å². The summed E-state index contributed by atoms with van der Waals surface area (Å²) in [5.41, 5.74) is 4.41. The van der Waals surface area contributed by atoms with Gasteiger partial charge in [0.15, 0.2) is 5.82 Å². The number of nitrogen functional groups attached to an aromatic ring is 1. The second-order valence-electron chi connectivity index (χ2n) is 14.2. The Hall–Kier alpha value is -3.52. The van der Waals surface area contributed by atoms with Crippen molar-refractivity contribution in [3.63, 3.8) is 0 Å². The highest BCUT2D eigenvalue weighted by Gasteiger charge is 2.56. The van der Waals surface area contributed by atoms with Crippen LogP contribution in [0.4, 0.5) is 10.2 Å². The van der Waals surface area contributed by atoms with Crippen molar-refractivity contribution in [1.82, 2.24) is 14.6 Å². The summed E-state index contributed by atoms with van der Waals surface area (Å²) in [6, 6.07) is 8.61. The van der Waals surface area contributed by atoms with Gasteiger partial charge in [-0.25, -0.2) is 18.5 Å². The largest absolute Gasteiger partial charge is 0.485 e. The van der Waals surface area contributed by atoms with Gasteiger partial charge in [-0.3, -0.25) is 14.0 Å². The monoisotopic (exact) mass is 804 g/mol. The number of benzene rings is 1. The Labute approximate surface area is 328 Å². The van der Waals surface area contributed by atoms with Gasteiger partial charge < -0.3 is 35.1 Å². The summed E-state index contributed by atoms with van der Waals surface area (Å²) in [7, 11) is -4.89. The number of aliphatic hydroxyl groups is 2. The summed E-state index contributed by atoms with van der Waals surface area (Å²) >= 11 is 0. The Morgan fingerprint density at radius 1 is 1.02 bits per heavy atom. The third kappa shape index (κ3) is 13.3. The topological polar surface area (TPSA) is 216 Å². The van der Waals surface area contributed by atoms with E-state index in [0.717, 1.165) is 25.3 Å². The predicted molar refractivity (Wildman–Crippen MR) is 209 cm³/mol. The fraction of sp³-hybridized carbons (Fsp3) is 0.641. The first-order chi connectivity index (χ1) is 27.0. The Morgan fingerprint density at radius 3 is 2.27 bits per heavy atom. The lowest BCUT2D eigenvalue weighted by atomic mass is 10.0. The molecule has 5 N–H and O–H groups in total. The molecule has 1 aliphatic rings. The van der Waals surface area contributed by atoms with E-state index in [9.17, 15) is 24.1 Å². The summed E-state index contributed by atoms with van der Waals surface area (Å²) in [5.74, 6) is -0.556. The number of nitrogens with two attached hydrogens (primary N) is 1. The zero-order valence-electron chi connectivity index (χ0n) is 32.3. The maximum Gasteiger partial charge on any atom is 0.472 e. The standard InChI is InChI=1S/C39H58FN6O9P/c1-3-4-5-6-7-8-9-10-11-12-13-14-15-16-17-22-51-25-31(54-30-19-18-29(24-41)32(40)23-30)26-52-56(49,50)53-27-39(43-2)37(48)35(47)36(55-39)33-20-21-34-38(42)44-28-45-46(33)34/h18-21,23,28,31,35-37,47-48H,2-17,22,25-27H2,1H3,(H,49,50)(H2,42,44,45)/t31-,35+,36+,37+,39-/m1/s1. The summed E-state index contributed by atoms with van der Waals surface area (Å²) in [4.78, 5) is 18.4. The van der Waals surface area contributed by atoms with E-state index in [1.54, 1.807) is 18.2 Å². The molecule has 0 radical (unpaired) electrons. The predicted octanol–water partition coefficient (Wildman–Crippen LogP) is 6.98. The smallest absolute Gasteiger partial charge is 0.472 e. The lowest BCUT2D eigenvalue weighted by molar-refractivity contribution is -0.106. The van der Waals surface area contributed by atoms with Gasteiger partial charge >= 0.3 is 7.82 Å². The lowest BCUT2D eigenvalue weighted by Crippen LogP contribution is -2.45. The van der Waals surface area contributed by atoms with Crippen molar-refractivity contribution in [3.05, 3.63) is 53.7 Å². The van der Waals surface area contributed by atoms with E-state index in [1.807, 2.05) is 0 Å². The zero-order valence-corrected chi connectivity index (χ0v) is 33.2. The van der Waals surface area contributed by atoms with Crippen molar-refractivity contribution >= 4 is 25.9 Å². The number of fused-ring (bicyclic) bond motifs is 1. The molecule has 1 saturated heterocycles. The first-order valence-electron chi connectivity index (χ1n) is 19.7. The average Bonchev–Trinajstić information content (AvgIpc) is 3.73. The van der Waals surface area contributed by atoms with Crippen LogP contribution in [0.2, 0.25) is 0 Å². The van der Waals surface area contributed by atoms with Crippen molar-refractivity contribution in [3.8, 4) is 11.8 Å². The van der Waals surface area contributed by atoms with Crippen molar-refractivity contribution in [2.45, 2.75) is 133 Å². The first kappa shape index (κ1) is 45.2. The number of halogens is 1. The highest BCUT2D eigenvalue weighted by molar-refractivity contribution is 7.47. The molecule has 1 aromatic carbocycles. The number of nitrogens with zero attached hydrogens (tertiary/aromatic N) is 5. The molecule has 1 unspecified atom stereocenters. The number of ether oxygens (including phenoxy) is 3. The van der Waals surface area contributed by atoms with E-state index in [1.165, 1.54) is 100 Å². The lowest BCUT2D eigenvalue weighted by Gasteiger charge is -2.28. The van der Waals surface area contributed by atoms with Crippen LogP contribution < -0.4 is 10.5 Å². The van der Waals surface area contributed by atoms with Crippen LogP contribution in [0.3, 0.4) is 0 Å². The molecule has 1 fully saturated rings. The van der Waals surface area contributed by atoms with Gasteiger partial charge in [-0.1, -0.05) is 96.8 Å². The minimum absolute atomic E-state index is 0.0571. The molecule has 3 heterocycles. The van der Waals surface area contributed by atoms with E-state index in [0.29, 0.717) is 17.8 Å². The highest BCUT2D eigenvalue weighted by atomic mass is 31.2. The highest BCUT2D eigenvalue weighted by Crippen LogP contribution is 2.48. The fourth-order valence-electron chi connectivity index (χ4n) is 6.66. The number of unbranched alkanes of at least 4 members (excludes halogenated alkanes) is 14. The number of phosphoric acid groups is 1. The van der Waals surface area contributed by atoms with Gasteiger partial charge in [-0.15, -0.1) is 0 Å². The van der Waals surface area contributed by atoms with Crippen LogP contribution in [-0.4, -0.2) is 86.9 Å². The van der Waals surface area contributed by atoms with Crippen molar-refractivity contribution in [2.24, 2.45) is 4.99 Å². The molecule has 4 rings (SSSR count). The third-order valence-electron chi connectivity index (χ3n) is 9.91. The Morgan fingerprint density at radius 2 is 1.66 bits per heavy atom. The molecular weight excluding hydrogens is 746 g/mol. The summed E-state index contributed by atoms with van der Waals surface area (Å²) in [6.45, 7) is 4.69. The molecule has 0 amide bonds. The van der Waals surface area contributed by atoms with Crippen LogP contribution in [0, 0.1) is 17.1 Å². The molecule has 0 saturated carbocycles. The van der Waals surface area contributed by atoms with Crippen molar-refractivity contribution in [2.75, 3.05) is 32.2 Å². The van der Waals surface area contributed by atoms with E-state index in [4.69, 9.17) is 34.3 Å². The molecule has 310 valence electrons. The SMILES string of the molecule is C=N[C@]1(COP(=O)(O)OC[C@@H](COCCCCCCCCCCCCCCCCC)Oc2ccc(C#N)c(F)c2)O[C@@H](c2ccc3c(N)ncnn23)[C@H](O)[C@@H]1O. The second-order valence-corrected chi connectivity index (χ2v) is 15.7. The zero-order chi connectivity index (χ0) is 40.4. The average molecular weight is 805 g/mol. The molecule has 2 aromatic heterocycles. The van der Waals surface area contributed by atoms with Crippen LogP contribution >= 0.6 is 7.82 Å². The first-order valence-corrected chi connectivity index (χ1v) is 21.2. The number of hydrogen-bond acceptors (Lipinski definition) is 13. The molecule has 0 aliphatic carbocycles. The molecule has 15 nitrogen and oxygen atoms in total. The molecule has 17 heteroatoms. The van der Waals surface area contributed by atoms with Gasteiger partial charge in [-0.05, 0) is 37.4 Å². The number of rotatable bonds is 28.